The molecule has 2 N–H and O–H groups in total. The largest absolute Gasteiger partial charge is 0.451 e. The molecule has 0 radical (unpaired) electrons. The average Bonchev–Trinajstić information content (AvgIpc) is 3.44. The molecule has 2 aliphatic heterocycles. The summed E-state index contributed by atoms with van der Waals surface area (Å²) >= 11 is 0. The standard InChI is InChI=1S/C29H30F2N4O5/c1-16(2)24(32)29(38)40-15-39-27-21(36)14-33-35-25(20-12-7-13-34(20)28(37)26(27)35)22(17-8-4-3-5-9-17)18-10-6-11-19(30)23(18)31/h3-6,8-11,14,16,20,22,24-25H,7,12-13,15,32H2,1-2H3/t20-,22-,24+,25-/m1/s1. The van der Waals surface area contributed by atoms with Crippen molar-refractivity contribution in [2.75, 3.05) is 13.3 Å². The Morgan fingerprint density at radius 3 is 2.60 bits per heavy atom. The van der Waals surface area contributed by atoms with Gasteiger partial charge in [-0.15, -0.1) is 0 Å². The summed E-state index contributed by atoms with van der Waals surface area (Å²) in [5, 5.41) is 4.32. The van der Waals surface area contributed by atoms with Crippen LogP contribution in [0.2, 0.25) is 0 Å². The Morgan fingerprint density at radius 2 is 1.88 bits per heavy atom. The van der Waals surface area contributed by atoms with Gasteiger partial charge in [-0.1, -0.05) is 56.3 Å². The van der Waals surface area contributed by atoms with Crippen LogP contribution in [0.3, 0.4) is 0 Å². The average molecular weight is 553 g/mol. The van der Waals surface area contributed by atoms with Crippen molar-refractivity contribution in [1.82, 2.24) is 14.7 Å². The van der Waals surface area contributed by atoms with Gasteiger partial charge in [-0.2, -0.15) is 5.10 Å². The fraction of sp³-hybridized carbons (Fsp3) is 0.379. The van der Waals surface area contributed by atoms with E-state index in [9.17, 15) is 18.8 Å². The van der Waals surface area contributed by atoms with Gasteiger partial charge in [0, 0.05) is 18.0 Å². The fourth-order valence-electron chi connectivity index (χ4n) is 5.57. The first-order chi connectivity index (χ1) is 19.2. The van der Waals surface area contributed by atoms with Gasteiger partial charge in [0.15, 0.2) is 17.3 Å². The number of hydrogen-bond acceptors (Lipinski definition) is 7. The Hall–Kier alpha value is -4.12. The highest BCUT2D eigenvalue weighted by molar-refractivity contribution is 5.96. The lowest BCUT2D eigenvalue weighted by molar-refractivity contribution is -0.152. The molecule has 1 aromatic heterocycles. The molecule has 3 heterocycles. The van der Waals surface area contributed by atoms with Crippen molar-refractivity contribution < 1.29 is 27.8 Å². The van der Waals surface area contributed by atoms with E-state index in [1.165, 1.54) is 16.8 Å². The van der Waals surface area contributed by atoms with E-state index in [0.717, 1.165) is 12.3 Å². The summed E-state index contributed by atoms with van der Waals surface area (Å²) in [7, 11) is 0. The maximum Gasteiger partial charge on any atom is 0.326 e. The minimum atomic E-state index is -0.995. The highest BCUT2D eigenvalue weighted by Gasteiger charge is 2.49. The predicted molar refractivity (Wildman–Crippen MR) is 141 cm³/mol. The molecule has 0 unspecified atom stereocenters. The number of amides is 1. The van der Waals surface area contributed by atoms with E-state index in [0.29, 0.717) is 24.9 Å². The van der Waals surface area contributed by atoms with Crippen molar-refractivity contribution in [2.24, 2.45) is 11.7 Å². The highest BCUT2D eigenvalue weighted by Crippen LogP contribution is 2.46. The highest BCUT2D eigenvalue weighted by atomic mass is 19.2. The van der Waals surface area contributed by atoms with Crippen LogP contribution in [0.5, 0.6) is 5.75 Å². The zero-order valence-corrected chi connectivity index (χ0v) is 22.1. The minimum Gasteiger partial charge on any atom is -0.451 e. The number of carbonyl (C=O) groups is 2. The fourth-order valence-corrected chi connectivity index (χ4v) is 5.57. The van der Waals surface area contributed by atoms with E-state index >= 15 is 4.39 Å². The smallest absolute Gasteiger partial charge is 0.326 e. The molecular weight excluding hydrogens is 522 g/mol. The first kappa shape index (κ1) is 27.4. The summed E-state index contributed by atoms with van der Waals surface area (Å²) in [6.45, 7) is 3.28. The van der Waals surface area contributed by atoms with E-state index in [4.69, 9.17) is 15.2 Å². The number of rotatable bonds is 8. The Kier molecular flexibility index (Phi) is 7.66. The molecular formula is C29H30F2N4O5. The van der Waals surface area contributed by atoms with E-state index < -0.39 is 59.8 Å². The third-order valence-corrected chi connectivity index (χ3v) is 7.62. The molecule has 9 nitrogen and oxygen atoms in total. The molecule has 5 rings (SSSR count). The van der Waals surface area contributed by atoms with Crippen molar-refractivity contribution in [3.63, 3.8) is 0 Å². The lowest BCUT2D eigenvalue weighted by Gasteiger charge is -2.42. The van der Waals surface area contributed by atoms with Gasteiger partial charge in [-0.05, 0) is 30.4 Å². The number of benzene rings is 2. The van der Waals surface area contributed by atoms with Gasteiger partial charge >= 0.3 is 5.97 Å². The van der Waals surface area contributed by atoms with Crippen molar-refractivity contribution in [3.8, 4) is 5.75 Å². The molecule has 0 saturated carbocycles. The number of hydrogen-bond donors (Lipinski definition) is 1. The van der Waals surface area contributed by atoms with Crippen LogP contribution in [0.1, 0.15) is 60.3 Å². The van der Waals surface area contributed by atoms with E-state index in [2.05, 4.69) is 5.10 Å². The summed E-state index contributed by atoms with van der Waals surface area (Å²) < 4.78 is 42.0. The molecule has 210 valence electrons. The third-order valence-electron chi connectivity index (χ3n) is 7.62. The van der Waals surface area contributed by atoms with E-state index in [1.54, 1.807) is 30.9 Å². The van der Waals surface area contributed by atoms with Crippen molar-refractivity contribution in [1.29, 1.82) is 0 Å². The minimum absolute atomic E-state index is 0.0999. The van der Waals surface area contributed by atoms with Crippen LogP contribution in [-0.4, -0.2) is 52.0 Å². The first-order valence-corrected chi connectivity index (χ1v) is 13.2. The van der Waals surface area contributed by atoms with Gasteiger partial charge in [0.05, 0.1) is 18.3 Å². The van der Waals surface area contributed by atoms with Gasteiger partial charge in [0.25, 0.3) is 5.91 Å². The molecule has 2 aliphatic rings. The quantitative estimate of drug-likeness (QED) is 0.336. The number of nitrogens with two attached hydrogens (primary N) is 1. The summed E-state index contributed by atoms with van der Waals surface area (Å²) in [5.74, 6) is -4.47. The number of ether oxygens (including phenoxy) is 2. The predicted octanol–water partition coefficient (Wildman–Crippen LogP) is 3.38. The van der Waals surface area contributed by atoms with E-state index in [1.807, 2.05) is 18.2 Å². The van der Waals surface area contributed by atoms with Gasteiger partial charge in [0.2, 0.25) is 18.0 Å². The molecule has 1 amide bonds. The Balaban J connectivity index is 1.63. The number of aromatic nitrogens is 2. The van der Waals surface area contributed by atoms with Crippen LogP contribution >= 0.6 is 0 Å². The molecule has 11 heteroatoms. The second kappa shape index (κ2) is 11.2. The van der Waals surface area contributed by atoms with Gasteiger partial charge in [-0.25, -0.2) is 8.78 Å². The molecule has 1 saturated heterocycles. The zero-order chi connectivity index (χ0) is 28.6. The number of carbonyl (C=O) groups excluding carboxylic acids is 2. The summed E-state index contributed by atoms with van der Waals surface area (Å²) in [5.41, 5.74) is 5.78. The summed E-state index contributed by atoms with van der Waals surface area (Å²) in [6, 6.07) is 11.0. The Bertz CT molecular complexity index is 1480. The monoisotopic (exact) mass is 552 g/mol. The summed E-state index contributed by atoms with van der Waals surface area (Å²) in [6.07, 6.45) is 2.29. The van der Waals surface area contributed by atoms with Crippen LogP contribution < -0.4 is 15.9 Å². The molecule has 1 fully saturated rings. The number of halogens is 2. The van der Waals surface area contributed by atoms with Crippen molar-refractivity contribution in [2.45, 2.75) is 50.7 Å². The number of esters is 1. The second-order valence-corrected chi connectivity index (χ2v) is 10.4. The second-order valence-electron chi connectivity index (χ2n) is 10.4. The van der Waals surface area contributed by atoms with Gasteiger partial charge in [0.1, 0.15) is 6.04 Å². The van der Waals surface area contributed by atoms with E-state index in [-0.39, 0.29) is 22.9 Å². The molecule has 40 heavy (non-hydrogen) atoms. The van der Waals surface area contributed by atoms with Crippen LogP contribution in [-0.2, 0) is 9.53 Å². The normalized spacial score (nSPS) is 19.6. The maximum atomic E-state index is 15.4. The van der Waals surface area contributed by atoms with Crippen LogP contribution in [0.15, 0.2) is 59.5 Å². The molecule has 0 spiro atoms. The SMILES string of the molecule is CC(C)[C@H](N)C(=O)OCOc1c2n(ncc1=O)[C@@H]([C@H](c1ccccc1)c1cccc(F)c1F)[C@H]1CCCN1C2=O. The van der Waals surface area contributed by atoms with Crippen molar-refractivity contribution >= 4 is 11.9 Å². The van der Waals surface area contributed by atoms with Crippen LogP contribution in [0.4, 0.5) is 8.78 Å². The lowest BCUT2D eigenvalue weighted by Crippen LogP contribution is -2.51. The van der Waals surface area contributed by atoms with Crippen LogP contribution in [0.25, 0.3) is 0 Å². The molecule has 3 aromatic rings. The number of fused-ring (bicyclic) bond motifs is 2. The van der Waals surface area contributed by atoms with Gasteiger partial charge in [-0.3, -0.25) is 19.1 Å². The number of nitrogens with zero attached hydrogens (tertiary/aromatic N) is 3. The van der Waals surface area contributed by atoms with Gasteiger partial charge < -0.3 is 20.1 Å². The molecule has 4 atom stereocenters. The molecule has 2 aromatic carbocycles. The third kappa shape index (κ3) is 4.85. The first-order valence-electron chi connectivity index (χ1n) is 13.2. The van der Waals surface area contributed by atoms with Crippen molar-refractivity contribution in [3.05, 3.63) is 93.4 Å². The Labute approximate surface area is 229 Å². The molecule has 0 bridgehead atoms. The lowest BCUT2D eigenvalue weighted by atomic mass is 9.79. The molecule has 0 aliphatic carbocycles. The summed E-state index contributed by atoms with van der Waals surface area (Å²) in [4.78, 5) is 40.5. The topological polar surface area (TPSA) is 117 Å². The maximum absolute atomic E-state index is 15.4. The Morgan fingerprint density at radius 1 is 1.12 bits per heavy atom. The zero-order valence-electron chi connectivity index (χ0n) is 22.1. The van der Waals surface area contributed by atoms with Crippen LogP contribution in [0, 0.1) is 17.6 Å².